The van der Waals surface area contributed by atoms with Gasteiger partial charge in [0.05, 0.1) is 17.9 Å². The first-order valence-corrected chi connectivity index (χ1v) is 13.7. The Kier molecular flexibility index (Phi) is 11.9. The molecule has 0 aliphatic carbocycles. The average Bonchev–Trinajstić information content (AvgIpc) is 2.92. The molecule has 0 unspecified atom stereocenters. The van der Waals surface area contributed by atoms with E-state index in [0.717, 1.165) is 23.4 Å². The van der Waals surface area contributed by atoms with E-state index in [1.54, 1.807) is 24.3 Å². The fourth-order valence-electron chi connectivity index (χ4n) is 4.00. The van der Waals surface area contributed by atoms with Gasteiger partial charge in [0.25, 0.3) is 0 Å². The summed E-state index contributed by atoms with van der Waals surface area (Å²) in [6, 6.07) is 22.7. The number of esters is 1. The van der Waals surface area contributed by atoms with Crippen LogP contribution in [0.15, 0.2) is 77.8 Å². The molecule has 0 amide bonds. The van der Waals surface area contributed by atoms with Crippen LogP contribution in [-0.2, 0) is 0 Å². The molecule has 0 aromatic heterocycles. The minimum Gasteiger partial charge on any atom is -0.494 e. The number of rotatable bonds is 15. The maximum absolute atomic E-state index is 12.5. The number of hydrogen-bond donors (Lipinski definition) is 0. The van der Waals surface area contributed by atoms with Crippen LogP contribution in [0.3, 0.4) is 0 Å². The normalized spacial score (nSPS) is 11.2. The predicted molar refractivity (Wildman–Crippen MR) is 154 cm³/mol. The summed E-state index contributed by atoms with van der Waals surface area (Å²) in [4.78, 5) is 17.1. The number of unbranched alkanes of at least 4 members (excludes halogenated alkanes) is 7. The van der Waals surface area contributed by atoms with Gasteiger partial charge in [0.1, 0.15) is 11.5 Å². The molecule has 37 heavy (non-hydrogen) atoms. The lowest BCUT2D eigenvalue weighted by Crippen LogP contribution is -2.08. The van der Waals surface area contributed by atoms with Gasteiger partial charge in [-0.25, -0.2) is 4.79 Å². The van der Waals surface area contributed by atoms with Gasteiger partial charge < -0.3 is 9.47 Å². The summed E-state index contributed by atoms with van der Waals surface area (Å²) in [5.41, 5.74) is 3.64. The zero-order valence-corrected chi connectivity index (χ0v) is 22.6. The first-order chi connectivity index (χ1) is 18.0. The lowest BCUT2D eigenvalue weighted by atomic mass is 10.0. The first-order valence-electron chi connectivity index (χ1n) is 13.7. The number of carbonyl (C=O) groups excluding carboxylic acids is 1. The number of nitrogens with zero attached hydrogens (tertiary/aromatic N) is 1. The van der Waals surface area contributed by atoms with Gasteiger partial charge in [-0.2, -0.15) is 0 Å². The molecule has 3 aromatic carbocycles. The molecule has 0 atom stereocenters. The van der Waals surface area contributed by atoms with Gasteiger partial charge >= 0.3 is 5.97 Å². The molecule has 0 aliphatic rings. The van der Waals surface area contributed by atoms with Gasteiger partial charge in [-0.3, -0.25) is 4.99 Å². The Labute approximate surface area is 222 Å². The second kappa shape index (κ2) is 15.7. The molecule has 3 rings (SSSR count). The largest absolute Gasteiger partial charge is 0.494 e. The van der Waals surface area contributed by atoms with Crippen LogP contribution in [0, 0.1) is 0 Å². The number of benzene rings is 3. The highest BCUT2D eigenvalue weighted by atomic mass is 16.5. The highest BCUT2D eigenvalue weighted by Gasteiger charge is 2.09. The SMILES string of the molecule is CCCCCCCCCCOc1ccc(C(=O)Oc2ccc(C=Nc3ccc(C(C)C)cc3)cc2)cc1. The lowest BCUT2D eigenvalue weighted by Gasteiger charge is -2.08. The molecule has 0 saturated heterocycles. The first kappa shape index (κ1) is 28.2. The van der Waals surface area contributed by atoms with Crippen molar-refractivity contribution in [2.45, 2.75) is 78.1 Å². The van der Waals surface area contributed by atoms with E-state index in [2.05, 4.69) is 37.9 Å². The maximum Gasteiger partial charge on any atom is 0.343 e. The molecule has 0 fully saturated rings. The number of carbonyl (C=O) groups is 1. The molecule has 4 heteroatoms. The van der Waals surface area contributed by atoms with Crippen LogP contribution in [0.4, 0.5) is 5.69 Å². The van der Waals surface area contributed by atoms with E-state index in [-0.39, 0.29) is 5.97 Å². The molecule has 0 saturated carbocycles. The molecule has 3 aromatic rings. The molecular formula is C33H41NO3. The molecule has 0 heterocycles. The van der Waals surface area contributed by atoms with Gasteiger partial charge in [0, 0.05) is 6.21 Å². The second-order valence-corrected chi connectivity index (χ2v) is 9.81. The Balaban J connectivity index is 1.39. The highest BCUT2D eigenvalue weighted by Crippen LogP contribution is 2.20. The van der Waals surface area contributed by atoms with Crippen molar-refractivity contribution in [3.63, 3.8) is 0 Å². The van der Waals surface area contributed by atoms with E-state index in [1.165, 1.54) is 50.5 Å². The molecular weight excluding hydrogens is 458 g/mol. The van der Waals surface area contributed by atoms with Gasteiger partial charge in [0.15, 0.2) is 0 Å². The van der Waals surface area contributed by atoms with Gasteiger partial charge in [-0.05, 0) is 84.1 Å². The van der Waals surface area contributed by atoms with Crippen LogP contribution in [0.1, 0.15) is 99.5 Å². The minimum atomic E-state index is -0.388. The van der Waals surface area contributed by atoms with Crippen molar-refractivity contribution in [3.05, 3.63) is 89.5 Å². The molecule has 0 spiro atoms. The number of hydrogen-bond acceptors (Lipinski definition) is 4. The second-order valence-electron chi connectivity index (χ2n) is 9.81. The quantitative estimate of drug-likeness (QED) is 0.0906. The van der Waals surface area contributed by atoms with Crippen LogP contribution in [-0.4, -0.2) is 18.8 Å². The molecule has 0 radical (unpaired) electrons. The van der Waals surface area contributed by atoms with E-state index in [1.807, 2.05) is 42.6 Å². The van der Waals surface area contributed by atoms with Gasteiger partial charge in [-0.1, -0.05) is 77.8 Å². The lowest BCUT2D eigenvalue weighted by molar-refractivity contribution is 0.0734. The van der Waals surface area contributed by atoms with Crippen molar-refractivity contribution in [2.24, 2.45) is 4.99 Å². The topological polar surface area (TPSA) is 47.9 Å². The Bertz CT molecular complexity index is 1080. The van der Waals surface area contributed by atoms with E-state index in [4.69, 9.17) is 9.47 Å². The third-order valence-electron chi connectivity index (χ3n) is 6.37. The fraction of sp³-hybridized carbons (Fsp3) is 0.394. The number of ether oxygens (including phenoxy) is 2. The Morgan fingerprint density at radius 1 is 0.757 bits per heavy atom. The van der Waals surface area contributed by atoms with Crippen molar-refractivity contribution in [3.8, 4) is 11.5 Å². The van der Waals surface area contributed by atoms with E-state index in [0.29, 0.717) is 23.8 Å². The summed E-state index contributed by atoms with van der Waals surface area (Å²) in [6.45, 7) is 7.30. The van der Waals surface area contributed by atoms with Crippen LogP contribution >= 0.6 is 0 Å². The third-order valence-corrected chi connectivity index (χ3v) is 6.37. The summed E-state index contributed by atoms with van der Waals surface area (Å²) in [5, 5.41) is 0. The molecule has 4 nitrogen and oxygen atoms in total. The van der Waals surface area contributed by atoms with Gasteiger partial charge in [-0.15, -0.1) is 0 Å². The average molecular weight is 500 g/mol. The summed E-state index contributed by atoms with van der Waals surface area (Å²) in [7, 11) is 0. The summed E-state index contributed by atoms with van der Waals surface area (Å²) in [6.07, 6.45) is 12.0. The van der Waals surface area contributed by atoms with Gasteiger partial charge in [0.2, 0.25) is 0 Å². The fourth-order valence-corrected chi connectivity index (χ4v) is 4.00. The number of aliphatic imine (C=N–C) groups is 1. The van der Waals surface area contributed by atoms with Crippen molar-refractivity contribution in [1.82, 2.24) is 0 Å². The van der Waals surface area contributed by atoms with Crippen LogP contribution in [0.25, 0.3) is 0 Å². The smallest absolute Gasteiger partial charge is 0.343 e. The van der Waals surface area contributed by atoms with Crippen molar-refractivity contribution >= 4 is 17.9 Å². The molecule has 0 bridgehead atoms. The van der Waals surface area contributed by atoms with Crippen molar-refractivity contribution < 1.29 is 14.3 Å². The van der Waals surface area contributed by atoms with Crippen LogP contribution < -0.4 is 9.47 Å². The molecule has 0 N–H and O–H groups in total. The van der Waals surface area contributed by atoms with Crippen LogP contribution in [0.2, 0.25) is 0 Å². The Morgan fingerprint density at radius 2 is 1.35 bits per heavy atom. The maximum atomic E-state index is 12.5. The summed E-state index contributed by atoms with van der Waals surface area (Å²) >= 11 is 0. The standard InChI is InChI=1S/C33H41NO3/c1-4-5-6-7-8-9-10-11-24-36-31-22-16-29(17-23-31)33(35)37-32-20-12-27(13-21-32)25-34-30-18-14-28(15-19-30)26(2)3/h12-23,25-26H,4-11,24H2,1-3H3. The predicted octanol–water partition coefficient (Wildman–Crippen LogP) is 9.30. The van der Waals surface area contributed by atoms with E-state index >= 15 is 0 Å². The van der Waals surface area contributed by atoms with E-state index in [9.17, 15) is 4.79 Å². The Morgan fingerprint density at radius 3 is 1.97 bits per heavy atom. The zero-order chi connectivity index (χ0) is 26.3. The summed E-state index contributed by atoms with van der Waals surface area (Å²) < 4.78 is 11.4. The van der Waals surface area contributed by atoms with E-state index < -0.39 is 0 Å². The highest BCUT2D eigenvalue weighted by molar-refractivity contribution is 5.91. The van der Waals surface area contributed by atoms with Crippen molar-refractivity contribution in [1.29, 1.82) is 0 Å². The minimum absolute atomic E-state index is 0.388. The summed E-state index contributed by atoms with van der Waals surface area (Å²) in [5.74, 6) is 1.39. The zero-order valence-electron chi connectivity index (χ0n) is 22.6. The third kappa shape index (κ3) is 10.2. The van der Waals surface area contributed by atoms with Crippen LogP contribution in [0.5, 0.6) is 11.5 Å². The molecule has 196 valence electrons. The molecule has 0 aliphatic heterocycles. The Hall–Kier alpha value is -3.40. The monoisotopic (exact) mass is 499 g/mol. The van der Waals surface area contributed by atoms with Crippen molar-refractivity contribution in [2.75, 3.05) is 6.61 Å².